The lowest BCUT2D eigenvalue weighted by atomic mass is 9.76. The van der Waals surface area contributed by atoms with Gasteiger partial charge in [0, 0.05) is 19.1 Å². The third kappa shape index (κ3) is 3.44. The van der Waals surface area contributed by atoms with Gasteiger partial charge in [-0.25, -0.2) is 0 Å². The summed E-state index contributed by atoms with van der Waals surface area (Å²) >= 11 is 0. The summed E-state index contributed by atoms with van der Waals surface area (Å²) in [7, 11) is 1.72. The van der Waals surface area contributed by atoms with E-state index in [2.05, 4.69) is 26.0 Å². The molecule has 1 aliphatic rings. The monoisotopic (exact) mass is 260 g/mol. The molecule has 0 unspecified atom stereocenters. The summed E-state index contributed by atoms with van der Waals surface area (Å²) in [6.45, 7) is 4.41. The third-order valence-corrected chi connectivity index (χ3v) is 4.10. The zero-order valence-corrected chi connectivity index (χ0v) is 12.2. The van der Waals surface area contributed by atoms with Gasteiger partial charge in [-0.1, -0.05) is 38.1 Å². The molecule has 0 atom stereocenters. The first kappa shape index (κ1) is 14.3. The van der Waals surface area contributed by atoms with E-state index < -0.39 is 0 Å². The number of carbonyl (C=O) groups excluding carboxylic acids is 1. The molecule has 2 nitrogen and oxygen atoms in total. The standard InChI is InChI=1S/C17H24O2/c1-13(2)11-14-5-7-15(8-6-14)16(18)12-17(19-3)9-4-10-17/h5-8,13H,4,9-12H2,1-3H3. The number of rotatable bonds is 6. The van der Waals surface area contributed by atoms with Gasteiger partial charge in [-0.15, -0.1) is 0 Å². The molecule has 0 aliphatic heterocycles. The molecule has 19 heavy (non-hydrogen) atoms. The molecule has 0 heterocycles. The van der Waals surface area contributed by atoms with Gasteiger partial charge in [0.1, 0.15) is 0 Å². The van der Waals surface area contributed by atoms with Gasteiger partial charge < -0.3 is 4.74 Å². The van der Waals surface area contributed by atoms with Crippen LogP contribution < -0.4 is 0 Å². The van der Waals surface area contributed by atoms with Crippen LogP contribution in [0, 0.1) is 5.92 Å². The van der Waals surface area contributed by atoms with Crippen molar-refractivity contribution in [1.82, 2.24) is 0 Å². The molecule has 1 fully saturated rings. The second-order valence-corrected chi connectivity index (χ2v) is 6.14. The fourth-order valence-corrected chi connectivity index (χ4v) is 2.72. The molecule has 0 radical (unpaired) electrons. The Morgan fingerprint density at radius 1 is 1.26 bits per heavy atom. The highest BCUT2D eigenvalue weighted by Crippen LogP contribution is 2.38. The Hall–Kier alpha value is -1.15. The van der Waals surface area contributed by atoms with Crippen LogP contribution in [0.5, 0.6) is 0 Å². The van der Waals surface area contributed by atoms with E-state index in [1.54, 1.807) is 7.11 Å². The Balaban J connectivity index is 1.99. The quantitative estimate of drug-likeness (QED) is 0.722. The number of carbonyl (C=O) groups is 1. The van der Waals surface area contributed by atoms with Gasteiger partial charge >= 0.3 is 0 Å². The molecular weight excluding hydrogens is 236 g/mol. The lowest BCUT2D eigenvalue weighted by Crippen LogP contribution is -2.41. The maximum Gasteiger partial charge on any atom is 0.165 e. The first-order valence-corrected chi connectivity index (χ1v) is 7.22. The van der Waals surface area contributed by atoms with Crippen LogP contribution in [0.25, 0.3) is 0 Å². The minimum Gasteiger partial charge on any atom is -0.378 e. The van der Waals surface area contributed by atoms with Gasteiger partial charge in [0.25, 0.3) is 0 Å². The van der Waals surface area contributed by atoms with Gasteiger partial charge in [-0.05, 0) is 37.2 Å². The van der Waals surface area contributed by atoms with Crippen molar-refractivity contribution in [2.75, 3.05) is 7.11 Å². The summed E-state index contributed by atoms with van der Waals surface area (Å²) in [5, 5.41) is 0. The summed E-state index contributed by atoms with van der Waals surface area (Å²) in [6, 6.07) is 8.07. The van der Waals surface area contributed by atoms with Crippen molar-refractivity contribution in [2.24, 2.45) is 5.92 Å². The summed E-state index contributed by atoms with van der Waals surface area (Å²) in [5.41, 5.74) is 1.95. The highest BCUT2D eigenvalue weighted by Gasteiger charge is 2.38. The number of hydrogen-bond acceptors (Lipinski definition) is 2. The fraction of sp³-hybridized carbons (Fsp3) is 0.588. The SMILES string of the molecule is COC1(CC(=O)c2ccc(CC(C)C)cc2)CCC1. The predicted octanol–water partition coefficient (Wildman–Crippen LogP) is 4.03. The maximum absolute atomic E-state index is 12.3. The molecule has 0 amide bonds. The lowest BCUT2D eigenvalue weighted by molar-refractivity contribution is -0.0704. The first-order valence-electron chi connectivity index (χ1n) is 7.22. The smallest absolute Gasteiger partial charge is 0.165 e. The largest absolute Gasteiger partial charge is 0.378 e. The average molecular weight is 260 g/mol. The highest BCUT2D eigenvalue weighted by molar-refractivity contribution is 5.96. The van der Waals surface area contributed by atoms with E-state index in [1.807, 2.05) is 12.1 Å². The second kappa shape index (κ2) is 5.87. The summed E-state index contributed by atoms with van der Waals surface area (Å²) < 4.78 is 5.52. The minimum atomic E-state index is -0.173. The zero-order chi connectivity index (χ0) is 13.9. The molecule has 1 aromatic carbocycles. The van der Waals surface area contributed by atoms with Gasteiger partial charge in [0.2, 0.25) is 0 Å². The van der Waals surface area contributed by atoms with Crippen LogP contribution in [0.4, 0.5) is 0 Å². The molecule has 0 spiro atoms. The number of methoxy groups -OCH3 is 1. The van der Waals surface area contributed by atoms with Crippen molar-refractivity contribution >= 4 is 5.78 Å². The Morgan fingerprint density at radius 3 is 2.32 bits per heavy atom. The van der Waals surface area contributed by atoms with Crippen molar-refractivity contribution in [3.8, 4) is 0 Å². The van der Waals surface area contributed by atoms with Gasteiger partial charge in [0.05, 0.1) is 5.60 Å². The van der Waals surface area contributed by atoms with E-state index in [9.17, 15) is 4.79 Å². The van der Waals surface area contributed by atoms with Crippen LogP contribution in [0.1, 0.15) is 55.5 Å². The second-order valence-electron chi connectivity index (χ2n) is 6.14. The van der Waals surface area contributed by atoms with Gasteiger partial charge in [-0.3, -0.25) is 4.79 Å². The predicted molar refractivity (Wildman–Crippen MR) is 77.5 cm³/mol. The van der Waals surface area contributed by atoms with Crippen LogP contribution >= 0.6 is 0 Å². The Labute approximate surface area is 116 Å². The van der Waals surface area contributed by atoms with E-state index in [0.717, 1.165) is 24.8 Å². The summed E-state index contributed by atoms with van der Waals surface area (Å²) in [4.78, 5) is 12.3. The normalized spacial score (nSPS) is 17.3. The van der Waals surface area contributed by atoms with E-state index in [0.29, 0.717) is 12.3 Å². The topological polar surface area (TPSA) is 26.3 Å². The van der Waals surface area contributed by atoms with E-state index >= 15 is 0 Å². The number of benzene rings is 1. The molecule has 1 aromatic rings. The van der Waals surface area contributed by atoms with Crippen molar-refractivity contribution in [1.29, 1.82) is 0 Å². The number of ketones is 1. The fourth-order valence-electron chi connectivity index (χ4n) is 2.72. The molecule has 104 valence electrons. The average Bonchev–Trinajstić information content (AvgIpc) is 2.34. The molecule has 1 aliphatic carbocycles. The molecule has 2 rings (SSSR count). The van der Waals surface area contributed by atoms with Crippen LogP contribution in [-0.4, -0.2) is 18.5 Å². The van der Waals surface area contributed by atoms with Crippen molar-refractivity contribution in [3.63, 3.8) is 0 Å². The Morgan fingerprint density at radius 2 is 1.89 bits per heavy atom. The van der Waals surface area contributed by atoms with Crippen molar-refractivity contribution < 1.29 is 9.53 Å². The Kier molecular flexibility index (Phi) is 4.41. The molecule has 0 N–H and O–H groups in total. The number of ether oxygens (including phenoxy) is 1. The minimum absolute atomic E-state index is 0.173. The highest BCUT2D eigenvalue weighted by atomic mass is 16.5. The maximum atomic E-state index is 12.3. The zero-order valence-electron chi connectivity index (χ0n) is 12.2. The van der Waals surface area contributed by atoms with Crippen LogP contribution in [-0.2, 0) is 11.2 Å². The van der Waals surface area contributed by atoms with E-state index in [-0.39, 0.29) is 11.4 Å². The van der Waals surface area contributed by atoms with Crippen LogP contribution in [0.2, 0.25) is 0 Å². The first-order chi connectivity index (χ1) is 9.04. The molecule has 0 bridgehead atoms. The molecule has 0 aromatic heterocycles. The number of Topliss-reactive ketones (excluding diaryl/α,β-unsaturated/α-hetero) is 1. The molecule has 2 heteroatoms. The number of hydrogen-bond donors (Lipinski definition) is 0. The molecule has 1 saturated carbocycles. The summed E-state index contributed by atoms with van der Waals surface area (Å²) in [5.74, 6) is 0.853. The Bertz CT molecular complexity index is 422. The van der Waals surface area contributed by atoms with E-state index in [1.165, 1.54) is 12.0 Å². The van der Waals surface area contributed by atoms with Crippen LogP contribution in [0.3, 0.4) is 0 Å². The lowest BCUT2D eigenvalue weighted by Gasteiger charge is -2.40. The van der Waals surface area contributed by atoms with Crippen LogP contribution in [0.15, 0.2) is 24.3 Å². The van der Waals surface area contributed by atoms with Gasteiger partial charge in [0.15, 0.2) is 5.78 Å². The summed E-state index contributed by atoms with van der Waals surface area (Å²) in [6.07, 6.45) is 4.79. The molecular formula is C17H24O2. The van der Waals surface area contributed by atoms with Crippen molar-refractivity contribution in [3.05, 3.63) is 35.4 Å². The third-order valence-electron chi connectivity index (χ3n) is 4.10. The van der Waals surface area contributed by atoms with Crippen molar-refractivity contribution in [2.45, 2.75) is 51.6 Å². The van der Waals surface area contributed by atoms with Gasteiger partial charge in [-0.2, -0.15) is 0 Å². The van der Waals surface area contributed by atoms with E-state index in [4.69, 9.17) is 4.74 Å². The molecule has 0 saturated heterocycles.